The van der Waals surface area contributed by atoms with Gasteiger partial charge < -0.3 is 0 Å². The van der Waals surface area contributed by atoms with Gasteiger partial charge in [0.1, 0.15) is 17.2 Å². The fourth-order valence-electron chi connectivity index (χ4n) is 1.57. The van der Waals surface area contributed by atoms with Crippen molar-refractivity contribution in [2.75, 3.05) is 0 Å². The molecule has 15 heavy (non-hydrogen) atoms. The highest BCUT2D eigenvalue weighted by molar-refractivity contribution is 5.83. The molecule has 0 aliphatic carbocycles. The number of hydrogen-bond acceptors (Lipinski definition) is 4. The van der Waals surface area contributed by atoms with Gasteiger partial charge in [0, 0.05) is 7.05 Å². The van der Waals surface area contributed by atoms with Gasteiger partial charge in [0.05, 0.1) is 10.8 Å². The Morgan fingerprint density at radius 3 is 2.53 bits per heavy atom. The van der Waals surface area contributed by atoms with E-state index in [2.05, 4.69) is 5.10 Å². The Labute approximate surface area is 87.0 Å². The Morgan fingerprint density at radius 2 is 2.13 bits per heavy atom. The van der Waals surface area contributed by atoms with Crippen LogP contribution >= 0.6 is 0 Å². The summed E-state index contributed by atoms with van der Waals surface area (Å²) in [5.74, 6) is -0.613. The molecule has 82 valence electrons. The lowest BCUT2D eigenvalue weighted by Crippen LogP contribution is -2.11. The summed E-state index contributed by atoms with van der Waals surface area (Å²) in [5, 5.41) is 14.8. The zero-order valence-corrected chi connectivity index (χ0v) is 9.14. The van der Waals surface area contributed by atoms with E-state index in [1.807, 2.05) is 0 Å². The van der Waals surface area contributed by atoms with Crippen molar-refractivity contribution in [1.82, 2.24) is 9.78 Å². The van der Waals surface area contributed by atoms with Gasteiger partial charge >= 0.3 is 5.69 Å². The fraction of sp³-hybridized carbons (Fsp3) is 0.556. The SMILES string of the molecule is CC(=O)C(C)c1c([N+](=O)[O-])c(C)nn1C. The normalized spacial score (nSPS) is 12.5. The monoisotopic (exact) mass is 211 g/mol. The minimum absolute atomic E-state index is 0.0554. The number of rotatable bonds is 3. The summed E-state index contributed by atoms with van der Waals surface area (Å²) in [6.45, 7) is 4.62. The van der Waals surface area contributed by atoms with Crippen LogP contribution in [-0.2, 0) is 11.8 Å². The minimum Gasteiger partial charge on any atom is -0.299 e. The highest BCUT2D eigenvalue weighted by Gasteiger charge is 2.29. The number of hydrogen-bond donors (Lipinski definition) is 0. The summed E-state index contributed by atoms with van der Waals surface area (Å²) in [7, 11) is 1.61. The van der Waals surface area contributed by atoms with E-state index < -0.39 is 10.8 Å². The van der Waals surface area contributed by atoms with E-state index in [0.717, 1.165) is 0 Å². The van der Waals surface area contributed by atoms with Gasteiger partial charge in [0.25, 0.3) is 0 Å². The van der Waals surface area contributed by atoms with E-state index in [4.69, 9.17) is 0 Å². The second kappa shape index (κ2) is 3.80. The molecule has 0 N–H and O–H groups in total. The van der Waals surface area contributed by atoms with Gasteiger partial charge in [-0.1, -0.05) is 0 Å². The van der Waals surface area contributed by atoms with E-state index in [-0.39, 0.29) is 11.5 Å². The molecule has 0 amide bonds. The van der Waals surface area contributed by atoms with Crippen molar-refractivity contribution >= 4 is 11.5 Å². The maximum Gasteiger partial charge on any atom is 0.313 e. The van der Waals surface area contributed by atoms with Crippen LogP contribution in [0.2, 0.25) is 0 Å². The van der Waals surface area contributed by atoms with Gasteiger partial charge in [-0.3, -0.25) is 19.6 Å². The largest absolute Gasteiger partial charge is 0.313 e. The number of carbonyl (C=O) groups is 1. The van der Waals surface area contributed by atoms with Gasteiger partial charge in [-0.25, -0.2) is 0 Å². The van der Waals surface area contributed by atoms with E-state index >= 15 is 0 Å². The summed E-state index contributed by atoms with van der Waals surface area (Å²) in [6.07, 6.45) is 0. The summed E-state index contributed by atoms with van der Waals surface area (Å²) in [6, 6.07) is 0. The number of aryl methyl sites for hydroxylation is 2. The van der Waals surface area contributed by atoms with E-state index in [9.17, 15) is 14.9 Å². The number of nitrogens with zero attached hydrogens (tertiary/aromatic N) is 3. The van der Waals surface area contributed by atoms with E-state index in [1.165, 1.54) is 11.6 Å². The third-order valence-corrected chi connectivity index (χ3v) is 2.44. The first-order valence-corrected chi connectivity index (χ1v) is 4.54. The topological polar surface area (TPSA) is 78.0 Å². The molecule has 0 aliphatic rings. The van der Waals surface area contributed by atoms with Crippen LogP contribution in [0.25, 0.3) is 0 Å². The first kappa shape index (κ1) is 11.4. The molecule has 1 aromatic heterocycles. The average Bonchev–Trinajstić information content (AvgIpc) is 2.39. The molecule has 0 radical (unpaired) electrons. The lowest BCUT2D eigenvalue weighted by atomic mass is 10.0. The zero-order chi connectivity index (χ0) is 11.7. The Morgan fingerprint density at radius 1 is 1.60 bits per heavy atom. The molecular formula is C9H13N3O3. The van der Waals surface area contributed by atoms with Gasteiger partial charge in [-0.15, -0.1) is 0 Å². The lowest BCUT2D eigenvalue weighted by Gasteiger charge is -2.06. The summed E-state index contributed by atoms with van der Waals surface area (Å²) in [5.41, 5.74) is 0.649. The van der Waals surface area contributed by atoms with Crippen LogP contribution in [0.1, 0.15) is 31.2 Å². The number of ketones is 1. The lowest BCUT2D eigenvalue weighted by molar-refractivity contribution is -0.386. The fourth-order valence-corrected chi connectivity index (χ4v) is 1.57. The molecule has 0 saturated carbocycles. The number of Topliss-reactive ketones (excluding diaryl/α,β-unsaturated/α-hetero) is 1. The molecule has 0 spiro atoms. The molecule has 0 aromatic carbocycles. The molecule has 1 rings (SSSR count). The Kier molecular flexibility index (Phi) is 2.88. The van der Waals surface area contributed by atoms with Crippen molar-refractivity contribution in [3.05, 3.63) is 21.5 Å². The van der Waals surface area contributed by atoms with Gasteiger partial charge in [0.15, 0.2) is 0 Å². The highest BCUT2D eigenvalue weighted by Crippen LogP contribution is 2.29. The smallest absolute Gasteiger partial charge is 0.299 e. The van der Waals surface area contributed by atoms with Crippen molar-refractivity contribution in [3.63, 3.8) is 0 Å². The third kappa shape index (κ3) is 1.88. The second-order valence-electron chi connectivity index (χ2n) is 3.53. The van der Waals surface area contributed by atoms with Crippen LogP contribution in [0, 0.1) is 17.0 Å². The molecule has 0 aliphatic heterocycles. The molecular weight excluding hydrogens is 198 g/mol. The standard InChI is InChI=1S/C9H13N3O3/c1-5(7(3)13)8-9(12(14)15)6(2)10-11(8)4/h5H,1-4H3. The molecule has 6 nitrogen and oxygen atoms in total. The molecule has 1 aromatic rings. The van der Waals surface area contributed by atoms with Gasteiger partial charge in [-0.2, -0.15) is 5.10 Å². The molecule has 0 saturated heterocycles. The van der Waals surface area contributed by atoms with Crippen molar-refractivity contribution in [1.29, 1.82) is 0 Å². The maximum atomic E-state index is 11.2. The van der Waals surface area contributed by atoms with Crippen LogP contribution in [0.5, 0.6) is 0 Å². The van der Waals surface area contributed by atoms with Crippen LogP contribution in [-0.4, -0.2) is 20.5 Å². The van der Waals surface area contributed by atoms with Crippen molar-refractivity contribution < 1.29 is 9.72 Å². The van der Waals surface area contributed by atoms with Gasteiger partial charge in [0.2, 0.25) is 0 Å². The molecule has 6 heteroatoms. The van der Waals surface area contributed by atoms with Crippen LogP contribution in [0.15, 0.2) is 0 Å². The molecule has 1 unspecified atom stereocenters. The third-order valence-electron chi connectivity index (χ3n) is 2.44. The summed E-state index contributed by atoms with van der Waals surface area (Å²) >= 11 is 0. The predicted molar refractivity (Wildman–Crippen MR) is 53.7 cm³/mol. The van der Waals surface area contributed by atoms with Gasteiger partial charge in [-0.05, 0) is 20.8 Å². The number of nitro groups is 1. The first-order valence-electron chi connectivity index (χ1n) is 4.54. The number of aromatic nitrogens is 2. The summed E-state index contributed by atoms with van der Waals surface area (Å²) < 4.78 is 1.40. The van der Waals surface area contributed by atoms with Crippen molar-refractivity contribution in [2.45, 2.75) is 26.7 Å². The molecule has 1 heterocycles. The summed E-state index contributed by atoms with van der Waals surface area (Å²) in [4.78, 5) is 21.6. The highest BCUT2D eigenvalue weighted by atomic mass is 16.6. The van der Waals surface area contributed by atoms with Crippen LogP contribution in [0.4, 0.5) is 5.69 Å². The quantitative estimate of drug-likeness (QED) is 0.558. The second-order valence-corrected chi connectivity index (χ2v) is 3.53. The molecule has 1 atom stereocenters. The zero-order valence-electron chi connectivity index (χ0n) is 9.14. The Bertz CT molecular complexity index is 422. The Balaban J connectivity index is 3.39. The first-order chi connectivity index (χ1) is 6.86. The van der Waals surface area contributed by atoms with Crippen molar-refractivity contribution in [3.8, 4) is 0 Å². The number of carbonyl (C=O) groups excluding carboxylic acids is 1. The van der Waals surface area contributed by atoms with Crippen molar-refractivity contribution in [2.24, 2.45) is 7.05 Å². The minimum atomic E-state index is -0.503. The predicted octanol–water partition coefficient (Wildman–Crippen LogP) is 1.33. The molecule has 0 bridgehead atoms. The van der Waals surface area contributed by atoms with E-state index in [0.29, 0.717) is 11.4 Å². The van der Waals surface area contributed by atoms with Crippen LogP contribution < -0.4 is 0 Å². The Hall–Kier alpha value is -1.72. The van der Waals surface area contributed by atoms with E-state index in [1.54, 1.807) is 20.9 Å². The molecule has 0 fully saturated rings. The average molecular weight is 211 g/mol. The maximum absolute atomic E-state index is 11.2. The van der Waals surface area contributed by atoms with Crippen LogP contribution in [0.3, 0.4) is 0 Å².